The zero-order chi connectivity index (χ0) is 40.6. The number of thiazole rings is 1. The topological polar surface area (TPSA) is 113 Å². The first-order chi connectivity index (χ1) is 23.8. The van der Waals surface area contributed by atoms with Gasteiger partial charge in [0.15, 0.2) is 0 Å². The van der Waals surface area contributed by atoms with Crippen LogP contribution in [0.5, 0.6) is 5.75 Å². The van der Waals surface area contributed by atoms with Crippen LogP contribution in [0.3, 0.4) is 0 Å². The van der Waals surface area contributed by atoms with E-state index in [0.717, 1.165) is 24.2 Å². The number of para-hydroxylation sites is 1. The van der Waals surface area contributed by atoms with Crippen LogP contribution in [-0.2, 0) is 12.8 Å². The monoisotopic (exact) mass is 746 g/mol. The lowest BCUT2D eigenvalue weighted by Gasteiger charge is -2.54. The third kappa shape index (κ3) is 6.82. The molecule has 0 unspecified atom stereocenters. The van der Waals surface area contributed by atoms with E-state index in [1.165, 1.54) is 21.8 Å². The maximum absolute atomic E-state index is 6.66. The third-order valence-corrected chi connectivity index (χ3v) is 14.7. The van der Waals surface area contributed by atoms with Crippen molar-refractivity contribution >= 4 is 11.3 Å². The fourth-order valence-electron chi connectivity index (χ4n) is 11.6. The van der Waals surface area contributed by atoms with Gasteiger partial charge in [0.2, 0.25) is 0 Å². The van der Waals surface area contributed by atoms with Crippen LogP contribution in [0.25, 0.3) is 0 Å². The Bertz CT molecular complexity index is 1600. The van der Waals surface area contributed by atoms with Gasteiger partial charge in [0.25, 0.3) is 0 Å². The molecule has 0 amide bonds. The summed E-state index contributed by atoms with van der Waals surface area (Å²) >= 11 is 1.72. The van der Waals surface area contributed by atoms with Gasteiger partial charge >= 0.3 is 0 Å². The van der Waals surface area contributed by atoms with E-state index >= 15 is 0 Å². The Hall–Kier alpha value is -2.32. The van der Waals surface area contributed by atoms with Crippen LogP contribution in [0, 0.1) is 43.3 Å². The third-order valence-electron chi connectivity index (χ3n) is 13.7. The second kappa shape index (κ2) is 13.7. The summed E-state index contributed by atoms with van der Waals surface area (Å²) in [4.78, 5) is 10.4. The number of benzene rings is 1. The van der Waals surface area contributed by atoms with Crippen LogP contribution in [0.2, 0.25) is 0 Å². The lowest BCUT2D eigenvalue weighted by atomic mass is 9.51. The highest BCUT2D eigenvalue weighted by atomic mass is 32.1. The molecule has 0 fully saturated rings. The number of nitrogens with two attached hydrogens (primary N) is 3. The lowest BCUT2D eigenvalue weighted by Crippen LogP contribution is -2.60. The molecule has 3 heterocycles. The van der Waals surface area contributed by atoms with Crippen LogP contribution in [0.1, 0.15) is 170 Å². The quantitative estimate of drug-likeness (QED) is 0.211. The summed E-state index contributed by atoms with van der Waals surface area (Å²) in [5.41, 5.74) is 26.9. The summed E-state index contributed by atoms with van der Waals surface area (Å²) in [6.07, 6.45) is 3.88. The summed E-state index contributed by atoms with van der Waals surface area (Å²) < 4.78 is 6.41. The van der Waals surface area contributed by atoms with E-state index in [9.17, 15) is 0 Å². The number of ether oxygens (including phenoxy) is 1. The molecular weight excluding hydrogens is 671 g/mol. The maximum Gasteiger partial charge on any atom is 0.138 e. The maximum atomic E-state index is 6.66. The highest BCUT2D eigenvalue weighted by Gasteiger charge is 2.62. The van der Waals surface area contributed by atoms with E-state index in [4.69, 9.17) is 21.9 Å². The summed E-state index contributed by atoms with van der Waals surface area (Å²) in [6, 6.07) is 12.4. The van der Waals surface area contributed by atoms with Crippen LogP contribution in [0.15, 0.2) is 48.1 Å². The van der Waals surface area contributed by atoms with Crippen molar-refractivity contribution in [3.63, 3.8) is 0 Å². The standard InChI is InChI=1S/C16H26N2.C16H25NO.C14H24N2S/c1-14(2,3)16(15(4,5)6)10-12-11(13(16)17)8-7-9-18-12;1-14(2,3)16(15(4,5)6)13(17)11-9-7-8-10-12(11)18-16;1-12(2,3)14(13(4,5)6)7-9-10(11(14)15)17-8-16-9/h7-9,13H,10,17H2,1-6H3;7-10,13H,17H2,1-6H3;8,11H,7,15H2,1-6H3/t2*13-;11-/m111/s1. The van der Waals surface area contributed by atoms with Gasteiger partial charge < -0.3 is 21.9 Å². The van der Waals surface area contributed by atoms with Gasteiger partial charge in [0, 0.05) is 56.1 Å². The summed E-state index contributed by atoms with van der Waals surface area (Å²) in [7, 11) is 0. The van der Waals surface area contributed by atoms with Crippen LogP contribution in [0.4, 0.5) is 0 Å². The van der Waals surface area contributed by atoms with Crippen molar-refractivity contribution in [3.05, 3.63) is 75.5 Å². The van der Waals surface area contributed by atoms with Gasteiger partial charge in [-0.1, -0.05) is 149 Å². The largest absolute Gasteiger partial charge is 0.484 e. The lowest BCUT2D eigenvalue weighted by molar-refractivity contribution is -0.116. The fourth-order valence-corrected chi connectivity index (χ4v) is 12.5. The molecule has 1 aliphatic heterocycles. The van der Waals surface area contributed by atoms with Gasteiger partial charge in [-0.25, -0.2) is 4.98 Å². The Labute approximate surface area is 327 Å². The molecule has 0 radical (unpaired) electrons. The number of aromatic nitrogens is 2. The molecule has 1 aromatic carbocycles. The minimum Gasteiger partial charge on any atom is -0.484 e. The number of rotatable bonds is 0. The van der Waals surface area contributed by atoms with E-state index in [0.29, 0.717) is 0 Å². The average molecular weight is 746 g/mol. The molecule has 0 saturated carbocycles. The van der Waals surface area contributed by atoms with Crippen molar-refractivity contribution in [2.45, 2.75) is 161 Å². The molecule has 53 heavy (non-hydrogen) atoms. The van der Waals surface area contributed by atoms with Crippen molar-refractivity contribution < 1.29 is 4.74 Å². The first kappa shape index (κ1) is 43.4. The van der Waals surface area contributed by atoms with Gasteiger partial charge in [-0.15, -0.1) is 11.3 Å². The van der Waals surface area contributed by atoms with Gasteiger partial charge in [-0.3, -0.25) is 4.98 Å². The summed E-state index contributed by atoms with van der Waals surface area (Å²) in [6.45, 7) is 41.0. The second-order valence-corrected chi connectivity index (χ2v) is 23.2. The molecule has 0 saturated heterocycles. The minimum atomic E-state index is -0.385. The van der Waals surface area contributed by atoms with Gasteiger partial charge in [-0.05, 0) is 52.2 Å². The molecule has 6 N–H and O–H groups in total. The van der Waals surface area contributed by atoms with Crippen molar-refractivity contribution in [1.82, 2.24) is 9.97 Å². The Morgan fingerprint density at radius 2 is 1.00 bits per heavy atom. The highest BCUT2D eigenvalue weighted by Crippen LogP contribution is 2.65. The van der Waals surface area contributed by atoms with E-state index in [1.54, 1.807) is 11.3 Å². The zero-order valence-corrected chi connectivity index (χ0v) is 37.5. The Balaban J connectivity index is 0.000000178. The fraction of sp³-hybridized carbons (Fsp3) is 0.696. The van der Waals surface area contributed by atoms with Crippen molar-refractivity contribution in [3.8, 4) is 5.75 Å². The predicted molar refractivity (Wildman–Crippen MR) is 226 cm³/mol. The first-order valence-electron chi connectivity index (χ1n) is 19.7. The zero-order valence-electron chi connectivity index (χ0n) is 36.7. The van der Waals surface area contributed by atoms with Crippen molar-refractivity contribution in [2.75, 3.05) is 0 Å². The van der Waals surface area contributed by atoms with Crippen LogP contribution in [-0.4, -0.2) is 15.6 Å². The molecule has 2 aliphatic carbocycles. The number of fused-ring (bicyclic) bond motifs is 3. The highest BCUT2D eigenvalue weighted by molar-refractivity contribution is 7.09. The minimum absolute atomic E-state index is 0.0380. The molecule has 6 rings (SSSR count). The SMILES string of the molecule is CC(C)(C)C1(C(C)(C)C)Cc2ncccc2[C@H]1N.CC(C)(C)C1(C(C)(C)C)Cc2ncsc2[C@H]1N.CC(C)(C)C1(C(C)(C)C)Oc2ccccc2[C@H]1N. The number of hydrogen-bond acceptors (Lipinski definition) is 7. The van der Waals surface area contributed by atoms with Crippen molar-refractivity contribution in [1.29, 1.82) is 0 Å². The molecule has 3 atom stereocenters. The molecule has 7 heteroatoms. The second-order valence-electron chi connectivity index (χ2n) is 22.3. The van der Waals surface area contributed by atoms with Gasteiger partial charge in [0.05, 0.1) is 17.2 Å². The molecule has 3 aromatic rings. The molecule has 2 aromatic heterocycles. The number of nitrogens with zero attached hydrogens (tertiary/aromatic N) is 2. The Kier molecular flexibility index (Phi) is 11.2. The van der Waals surface area contributed by atoms with E-state index < -0.39 is 0 Å². The molecular formula is C46H75N5OS. The van der Waals surface area contributed by atoms with Crippen molar-refractivity contribution in [2.24, 2.45) is 60.5 Å². The van der Waals surface area contributed by atoms with E-state index in [-0.39, 0.29) is 67.0 Å². The smallest absolute Gasteiger partial charge is 0.138 e. The van der Waals surface area contributed by atoms with Gasteiger partial charge in [-0.2, -0.15) is 0 Å². The molecule has 0 spiro atoms. The Morgan fingerprint density at radius 1 is 0.547 bits per heavy atom. The molecule has 0 bridgehead atoms. The summed E-state index contributed by atoms with van der Waals surface area (Å²) in [5.74, 6) is 0.940. The Morgan fingerprint density at radius 3 is 1.43 bits per heavy atom. The normalized spacial score (nSPS) is 23.1. The number of pyridine rings is 1. The van der Waals surface area contributed by atoms with Crippen LogP contribution < -0.4 is 21.9 Å². The first-order valence-corrected chi connectivity index (χ1v) is 20.6. The number of hydrogen-bond donors (Lipinski definition) is 3. The molecule has 6 nitrogen and oxygen atoms in total. The van der Waals surface area contributed by atoms with E-state index in [1.807, 2.05) is 36.0 Å². The predicted octanol–water partition coefficient (Wildman–Crippen LogP) is 11.4. The molecule has 296 valence electrons. The summed E-state index contributed by atoms with van der Waals surface area (Å²) in [5, 5.41) is 0. The average Bonchev–Trinajstić information content (AvgIpc) is 3.73. The molecule has 3 aliphatic rings. The van der Waals surface area contributed by atoms with Gasteiger partial charge in [0.1, 0.15) is 11.4 Å². The van der Waals surface area contributed by atoms with E-state index in [2.05, 4.69) is 147 Å². The van der Waals surface area contributed by atoms with Crippen LogP contribution >= 0.6 is 11.3 Å².